The van der Waals surface area contributed by atoms with E-state index in [1.807, 2.05) is 31.2 Å². The molecule has 0 atom stereocenters. The monoisotopic (exact) mass is 319 g/mol. The second-order valence-electron chi connectivity index (χ2n) is 4.83. The SMILES string of the molecule is Cc1ccc(C(=O)NCc2ccccc2OCCO)cc1Cl. The van der Waals surface area contributed by atoms with Crippen molar-refractivity contribution < 1.29 is 14.6 Å². The summed E-state index contributed by atoms with van der Waals surface area (Å²) < 4.78 is 5.44. The summed E-state index contributed by atoms with van der Waals surface area (Å²) in [5, 5.41) is 12.2. The quantitative estimate of drug-likeness (QED) is 0.860. The first-order valence-electron chi connectivity index (χ1n) is 6.97. The Morgan fingerprint density at radius 3 is 2.77 bits per heavy atom. The number of hydrogen-bond acceptors (Lipinski definition) is 3. The Bertz CT molecular complexity index is 658. The highest BCUT2D eigenvalue weighted by Crippen LogP contribution is 2.19. The summed E-state index contributed by atoms with van der Waals surface area (Å²) in [6.45, 7) is 2.39. The molecule has 4 nitrogen and oxygen atoms in total. The van der Waals surface area contributed by atoms with Crippen molar-refractivity contribution in [3.63, 3.8) is 0 Å². The van der Waals surface area contributed by atoms with E-state index in [4.69, 9.17) is 21.4 Å². The van der Waals surface area contributed by atoms with Crippen molar-refractivity contribution in [1.82, 2.24) is 5.32 Å². The third-order valence-corrected chi connectivity index (χ3v) is 3.60. The summed E-state index contributed by atoms with van der Waals surface area (Å²) >= 11 is 6.03. The van der Waals surface area contributed by atoms with Crippen LogP contribution in [-0.4, -0.2) is 24.2 Å². The Balaban J connectivity index is 2.03. The number of para-hydroxylation sites is 1. The summed E-state index contributed by atoms with van der Waals surface area (Å²) in [6.07, 6.45) is 0. The fourth-order valence-corrected chi connectivity index (χ4v) is 2.14. The van der Waals surface area contributed by atoms with Gasteiger partial charge in [0.05, 0.1) is 6.61 Å². The number of aliphatic hydroxyl groups is 1. The van der Waals surface area contributed by atoms with Gasteiger partial charge in [0.15, 0.2) is 0 Å². The van der Waals surface area contributed by atoms with Crippen molar-refractivity contribution in [1.29, 1.82) is 0 Å². The van der Waals surface area contributed by atoms with Crippen LogP contribution in [0.2, 0.25) is 5.02 Å². The molecule has 0 fully saturated rings. The Morgan fingerprint density at radius 2 is 2.05 bits per heavy atom. The fraction of sp³-hybridized carbons (Fsp3) is 0.235. The zero-order chi connectivity index (χ0) is 15.9. The van der Waals surface area contributed by atoms with E-state index in [1.165, 1.54) is 0 Å². The van der Waals surface area contributed by atoms with Gasteiger partial charge in [-0.15, -0.1) is 0 Å². The van der Waals surface area contributed by atoms with Gasteiger partial charge < -0.3 is 15.2 Å². The van der Waals surface area contributed by atoms with Crippen molar-refractivity contribution in [3.05, 3.63) is 64.2 Å². The molecule has 2 N–H and O–H groups in total. The lowest BCUT2D eigenvalue weighted by Gasteiger charge is -2.11. The van der Waals surface area contributed by atoms with Crippen LogP contribution in [0.1, 0.15) is 21.5 Å². The normalized spacial score (nSPS) is 10.3. The zero-order valence-corrected chi connectivity index (χ0v) is 13.1. The predicted octanol–water partition coefficient (Wildman–Crippen LogP) is 2.95. The van der Waals surface area contributed by atoms with E-state index in [9.17, 15) is 4.79 Å². The highest BCUT2D eigenvalue weighted by atomic mass is 35.5. The minimum absolute atomic E-state index is 0.0530. The molecular weight excluding hydrogens is 302 g/mol. The number of carbonyl (C=O) groups excluding carboxylic acids is 1. The summed E-state index contributed by atoms with van der Waals surface area (Å²) in [4.78, 5) is 12.2. The van der Waals surface area contributed by atoms with Crippen LogP contribution in [0.15, 0.2) is 42.5 Å². The molecule has 1 amide bonds. The van der Waals surface area contributed by atoms with Crippen molar-refractivity contribution in [3.8, 4) is 5.75 Å². The molecule has 22 heavy (non-hydrogen) atoms. The average molecular weight is 320 g/mol. The van der Waals surface area contributed by atoms with Gasteiger partial charge in [-0.25, -0.2) is 0 Å². The summed E-state index contributed by atoms with van der Waals surface area (Å²) in [7, 11) is 0. The van der Waals surface area contributed by atoms with Gasteiger partial charge in [-0.2, -0.15) is 0 Å². The Hall–Kier alpha value is -2.04. The topological polar surface area (TPSA) is 58.6 Å². The van der Waals surface area contributed by atoms with Gasteiger partial charge in [0.25, 0.3) is 5.91 Å². The molecule has 0 saturated heterocycles. The maximum atomic E-state index is 12.2. The zero-order valence-electron chi connectivity index (χ0n) is 12.3. The van der Waals surface area contributed by atoms with E-state index in [0.29, 0.717) is 22.9 Å². The van der Waals surface area contributed by atoms with E-state index in [-0.39, 0.29) is 19.1 Å². The van der Waals surface area contributed by atoms with Crippen LogP contribution in [0.25, 0.3) is 0 Å². The highest BCUT2D eigenvalue weighted by molar-refractivity contribution is 6.31. The number of halogens is 1. The van der Waals surface area contributed by atoms with Gasteiger partial charge in [-0.1, -0.05) is 35.9 Å². The molecule has 0 aliphatic carbocycles. The minimum atomic E-state index is -0.195. The molecule has 5 heteroatoms. The molecule has 0 unspecified atom stereocenters. The lowest BCUT2D eigenvalue weighted by molar-refractivity contribution is 0.0950. The highest BCUT2D eigenvalue weighted by Gasteiger charge is 2.09. The van der Waals surface area contributed by atoms with E-state index in [2.05, 4.69) is 5.32 Å². The van der Waals surface area contributed by atoms with Gasteiger partial charge in [0.2, 0.25) is 0 Å². The smallest absolute Gasteiger partial charge is 0.251 e. The average Bonchev–Trinajstić information content (AvgIpc) is 2.54. The first-order chi connectivity index (χ1) is 10.6. The third-order valence-electron chi connectivity index (χ3n) is 3.19. The lowest BCUT2D eigenvalue weighted by Crippen LogP contribution is -2.23. The van der Waals surface area contributed by atoms with Gasteiger partial charge in [0.1, 0.15) is 12.4 Å². The maximum absolute atomic E-state index is 12.2. The summed E-state index contributed by atoms with van der Waals surface area (Å²) in [5.41, 5.74) is 2.30. The molecule has 116 valence electrons. The first kappa shape index (κ1) is 16.3. The number of ether oxygens (including phenoxy) is 1. The number of hydrogen-bond donors (Lipinski definition) is 2. The molecule has 2 aromatic rings. The number of aryl methyl sites for hydroxylation is 1. The molecule has 0 saturated carbocycles. The number of aliphatic hydroxyl groups excluding tert-OH is 1. The molecule has 0 aliphatic heterocycles. The number of rotatable bonds is 6. The van der Waals surface area contributed by atoms with Crippen molar-refractivity contribution in [2.45, 2.75) is 13.5 Å². The van der Waals surface area contributed by atoms with E-state index in [1.54, 1.807) is 18.2 Å². The largest absolute Gasteiger partial charge is 0.491 e. The molecule has 2 rings (SSSR count). The van der Waals surface area contributed by atoms with E-state index < -0.39 is 0 Å². The first-order valence-corrected chi connectivity index (χ1v) is 7.35. The Kier molecular flexibility index (Phi) is 5.81. The maximum Gasteiger partial charge on any atom is 0.251 e. The predicted molar refractivity (Wildman–Crippen MR) is 86.4 cm³/mol. The minimum Gasteiger partial charge on any atom is -0.491 e. The van der Waals surface area contributed by atoms with Crippen LogP contribution in [0.5, 0.6) is 5.75 Å². The van der Waals surface area contributed by atoms with Gasteiger partial charge in [-0.3, -0.25) is 4.79 Å². The second kappa shape index (κ2) is 7.82. The van der Waals surface area contributed by atoms with Gasteiger partial charge in [0, 0.05) is 22.7 Å². The van der Waals surface area contributed by atoms with Crippen LogP contribution in [0.3, 0.4) is 0 Å². The van der Waals surface area contributed by atoms with Crippen LogP contribution in [0.4, 0.5) is 0 Å². The van der Waals surface area contributed by atoms with Crippen molar-refractivity contribution in [2.75, 3.05) is 13.2 Å². The molecule has 0 spiro atoms. The van der Waals surface area contributed by atoms with E-state index >= 15 is 0 Å². The van der Waals surface area contributed by atoms with Crippen molar-refractivity contribution in [2.24, 2.45) is 0 Å². The second-order valence-corrected chi connectivity index (χ2v) is 5.23. The number of nitrogens with one attached hydrogen (secondary N) is 1. The molecule has 0 heterocycles. The van der Waals surface area contributed by atoms with Gasteiger partial charge >= 0.3 is 0 Å². The molecule has 0 aliphatic rings. The number of amides is 1. The molecule has 0 aromatic heterocycles. The lowest BCUT2D eigenvalue weighted by atomic mass is 10.1. The standard InChI is InChI=1S/C17H18ClNO3/c1-12-6-7-13(10-15(12)18)17(21)19-11-14-4-2-3-5-16(14)22-9-8-20/h2-7,10,20H,8-9,11H2,1H3,(H,19,21). The Morgan fingerprint density at radius 1 is 1.27 bits per heavy atom. The third kappa shape index (κ3) is 4.23. The van der Waals surface area contributed by atoms with Gasteiger partial charge in [-0.05, 0) is 30.7 Å². The fourth-order valence-electron chi connectivity index (χ4n) is 1.96. The Labute approximate surface area is 134 Å². The number of benzene rings is 2. The molecule has 0 radical (unpaired) electrons. The van der Waals surface area contributed by atoms with Crippen LogP contribution in [-0.2, 0) is 6.54 Å². The molecule has 0 bridgehead atoms. The summed E-state index contributed by atoms with van der Waals surface area (Å²) in [5.74, 6) is 0.456. The van der Waals surface area contributed by atoms with E-state index in [0.717, 1.165) is 11.1 Å². The number of carbonyl (C=O) groups is 1. The van der Waals surface area contributed by atoms with Crippen molar-refractivity contribution >= 4 is 17.5 Å². The van der Waals surface area contributed by atoms with Crippen LogP contribution < -0.4 is 10.1 Å². The molecular formula is C17H18ClNO3. The summed E-state index contributed by atoms with van der Waals surface area (Å²) in [6, 6.07) is 12.6. The molecule has 2 aromatic carbocycles. The van der Waals surface area contributed by atoms with Crippen LogP contribution in [0, 0.1) is 6.92 Å². The van der Waals surface area contributed by atoms with Crippen LogP contribution >= 0.6 is 11.6 Å².